The Morgan fingerprint density at radius 2 is 1.81 bits per heavy atom. The quantitative estimate of drug-likeness (QED) is 0.758. The van der Waals surface area contributed by atoms with Gasteiger partial charge in [0.25, 0.3) is 0 Å². The summed E-state index contributed by atoms with van der Waals surface area (Å²) < 4.78 is 0. The minimum absolute atomic E-state index is 0.271. The van der Waals surface area contributed by atoms with Gasteiger partial charge in [0, 0.05) is 22.7 Å². The molecule has 0 fully saturated rings. The van der Waals surface area contributed by atoms with Crippen LogP contribution in [-0.4, -0.2) is 15.3 Å². The van der Waals surface area contributed by atoms with E-state index >= 15 is 0 Å². The molecular weight excluding hydrogens is 306 g/mol. The predicted octanol–water partition coefficient (Wildman–Crippen LogP) is 4.18. The number of benzene rings is 2. The number of aromatic hydroxyl groups is 1. The molecule has 0 aliphatic carbocycles. The Morgan fingerprint density at radius 3 is 2.57 bits per heavy atom. The summed E-state index contributed by atoms with van der Waals surface area (Å²) in [7, 11) is 0. The number of nitrogens with one attached hydrogen (secondary N) is 1. The molecule has 1 aromatic heterocycles. The second-order valence-electron chi connectivity index (χ2n) is 4.40. The number of phenolic OH excluding ortho intramolecular Hbond substituents is 1. The van der Waals surface area contributed by atoms with Crippen LogP contribution in [0.15, 0.2) is 48.5 Å². The average Bonchev–Trinajstić information content (AvgIpc) is 2.96. The van der Waals surface area contributed by atoms with Crippen molar-refractivity contribution in [2.45, 2.75) is 6.54 Å². The highest BCUT2D eigenvalue weighted by atomic mass is 35.5. The van der Waals surface area contributed by atoms with Crippen molar-refractivity contribution < 1.29 is 5.11 Å². The van der Waals surface area contributed by atoms with Crippen LogP contribution in [0.5, 0.6) is 5.75 Å². The molecule has 2 N–H and O–H groups in total. The van der Waals surface area contributed by atoms with E-state index in [4.69, 9.17) is 11.6 Å². The van der Waals surface area contributed by atoms with Crippen LogP contribution in [0, 0.1) is 0 Å². The lowest BCUT2D eigenvalue weighted by atomic mass is 10.2. The molecule has 0 aliphatic rings. The van der Waals surface area contributed by atoms with Crippen molar-refractivity contribution >= 4 is 28.1 Å². The molecule has 0 bridgehead atoms. The summed E-state index contributed by atoms with van der Waals surface area (Å²) in [5, 5.41) is 23.4. The predicted molar refractivity (Wildman–Crippen MR) is 85.8 cm³/mol. The van der Waals surface area contributed by atoms with Crippen LogP contribution in [0.2, 0.25) is 5.02 Å². The zero-order chi connectivity index (χ0) is 14.7. The van der Waals surface area contributed by atoms with Gasteiger partial charge in [-0.05, 0) is 18.2 Å². The van der Waals surface area contributed by atoms with Crippen LogP contribution in [0.4, 0.5) is 5.13 Å². The molecule has 0 spiro atoms. The number of anilines is 1. The van der Waals surface area contributed by atoms with Crippen molar-refractivity contribution in [3.63, 3.8) is 0 Å². The van der Waals surface area contributed by atoms with Gasteiger partial charge >= 0.3 is 0 Å². The van der Waals surface area contributed by atoms with Crippen molar-refractivity contribution in [1.29, 1.82) is 0 Å². The van der Waals surface area contributed by atoms with Crippen LogP contribution in [0.3, 0.4) is 0 Å². The Hall–Kier alpha value is -2.11. The zero-order valence-electron chi connectivity index (χ0n) is 11.0. The van der Waals surface area contributed by atoms with E-state index in [0.29, 0.717) is 16.7 Å². The van der Waals surface area contributed by atoms with Crippen LogP contribution in [0.1, 0.15) is 5.56 Å². The minimum Gasteiger partial charge on any atom is -0.508 e. The number of halogens is 1. The summed E-state index contributed by atoms with van der Waals surface area (Å²) in [4.78, 5) is 0. The van der Waals surface area contributed by atoms with Crippen LogP contribution in [-0.2, 0) is 6.54 Å². The maximum absolute atomic E-state index is 9.71. The number of nitrogens with zero attached hydrogens (tertiary/aromatic N) is 2. The lowest BCUT2D eigenvalue weighted by Gasteiger charge is -2.04. The molecule has 21 heavy (non-hydrogen) atoms. The van der Waals surface area contributed by atoms with Gasteiger partial charge in [-0.1, -0.05) is 53.3 Å². The van der Waals surface area contributed by atoms with E-state index in [1.165, 1.54) is 11.3 Å². The van der Waals surface area contributed by atoms with Gasteiger partial charge in [-0.25, -0.2) is 0 Å². The molecule has 0 unspecified atom stereocenters. The molecule has 0 radical (unpaired) electrons. The van der Waals surface area contributed by atoms with Crippen molar-refractivity contribution in [2.24, 2.45) is 0 Å². The number of hydrogen-bond acceptors (Lipinski definition) is 5. The number of rotatable bonds is 4. The minimum atomic E-state index is 0.271. The largest absolute Gasteiger partial charge is 0.508 e. The summed E-state index contributed by atoms with van der Waals surface area (Å²) in [6.07, 6.45) is 0. The lowest BCUT2D eigenvalue weighted by Crippen LogP contribution is -1.98. The molecule has 106 valence electrons. The third-order valence-electron chi connectivity index (χ3n) is 2.94. The van der Waals surface area contributed by atoms with Crippen molar-refractivity contribution in [2.75, 3.05) is 5.32 Å². The monoisotopic (exact) mass is 317 g/mol. The van der Waals surface area contributed by atoms with Gasteiger partial charge in [-0.15, -0.1) is 10.2 Å². The highest BCUT2D eigenvalue weighted by Crippen LogP contribution is 2.28. The van der Waals surface area contributed by atoms with E-state index in [-0.39, 0.29) is 5.75 Å². The number of aromatic nitrogens is 2. The highest BCUT2D eigenvalue weighted by molar-refractivity contribution is 7.18. The van der Waals surface area contributed by atoms with E-state index in [1.54, 1.807) is 12.1 Å². The van der Waals surface area contributed by atoms with Gasteiger partial charge in [0.2, 0.25) is 5.13 Å². The first-order valence-corrected chi connectivity index (χ1v) is 7.52. The zero-order valence-corrected chi connectivity index (χ0v) is 12.5. The maximum Gasteiger partial charge on any atom is 0.206 e. The standard InChI is InChI=1S/C15H12ClN3OS/c16-12-7-5-10(6-8-12)14-18-19-15(21-14)17-9-11-3-1-2-4-13(11)20/h1-8,20H,9H2,(H,17,19). The van der Waals surface area contributed by atoms with E-state index in [0.717, 1.165) is 16.1 Å². The van der Waals surface area contributed by atoms with Gasteiger partial charge in [0.05, 0.1) is 0 Å². The summed E-state index contributed by atoms with van der Waals surface area (Å²) in [6.45, 7) is 0.502. The van der Waals surface area contributed by atoms with Gasteiger partial charge in [-0.3, -0.25) is 0 Å². The Morgan fingerprint density at radius 1 is 1.05 bits per heavy atom. The normalized spacial score (nSPS) is 10.5. The smallest absolute Gasteiger partial charge is 0.206 e. The summed E-state index contributed by atoms with van der Waals surface area (Å²) in [6, 6.07) is 14.7. The fraction of sp³-hybridized carbons (Fsp3) is 0.0667. The SMILES string of the molecule is Oc1ccccc1CNc1nnc(-c2ccc(Cl)cc2)s1. The number of phenols is 1. The first kappa shape index (κ1) is 13.9. The summed E-state index contributed by atoms with van der Waals surface area (Å²) in [5.74, 6) is 0.271. The molecule has 1 heterocycles. The molecule has 3 aromatic rings. The van der Waals surface area contributed by atoms with Crippen LogP contribution in [0.25, 0.3) is 10.6 Å². The fourth-order valence-corrected chi connectivity index (χ4v) is 2.71. The summed E-state index contributed by atoms with van der Waals surface area (Å²) in [5.41, 5.74) is 1.80. The third-order valence-corrected chi connectivity index (χ3v) is 4.12. The fourth-order valence-electron chi connectivity index (χ4n) is 1.83. The molecule has 3 rings (SSSR count). The Labute approximate surface area is 131 Å². The highest BCUT2D eigenvalue weighted by Gasteiger charge is 2.07. The van der Waals surface area contributed by atoms with E-state index in [2.05, 4.69) is 15.5 Å². The maximum atomic E-state index is 9.71. The molecule has 0 saturated carbocycles. The summed E-state index contributed by atoms with van der Waals surface area (Å²) >= 11 is 7.33. The first-order valence-electron chi connectivity index (χ1n) is 6.32. The Balaban J connectivity index is 1.71. The first-order chi connectivity index (χ1) is 10.2. The van der Waals surface area contributed by atoms with Crippen molar-refractivity contribution in [3.8, 4) is 16.3 Å². The third kappa shape index (κ3) is 3.32. The molecule has 4 nitrogen and oxygen atoms in total. The van der Waals surface area contributed by atoms with Gasteiger partial charge < -0.3 is 10.4 Å². The molecule has 6 heteroatoms. The van der Waals surface area contributed by atoms with Crippen molar-refractivity contribution in [3.05, 3.63) is 59.1 Å². The Kier molecular flexibility index (Phi) is 4.03. The van der Waals surface area contributed by atoms with Crippen LogP contribution >= 0.6 is 22.9 Å². The topological polar surface area (TPSA) is 58.0 Å². The van der Waals surface area contributed by atoms with Gasteiger partial charge in [0.1, 0.15) is 10.8 Å². The van der Waals surface area contributed by atoms with E-state index in [1.807, 2.05) is 36.4 Å². The van der Waals surface area contributed by atoms with Crippen LogP contribution < -0.4 is 5.32 Å². The van der Waals surface area contributed by atoms with E-state index < -0.39 is 0 Å². The van der Waals surface area contributed by atoms with Gasteiger partial charge in [-0.2, -0.15) is 0 Å². The van der Waals surface area contributed by atoms with E-state index in [9.17, 15) is 5.11 Å². The average molecular weight is 318 g/mol. The lowest BCUT2D eigenvalue weighted by molar-refractivity contribution is 0.469. The number of hydrogen-bond donors (Lipinski definition) is 2. The molecule has 2 aromatic carbocycles. The molecule has 0 aliphatic heterocycles. The van der Waals surface area contributed by atoms with Crippen molar-refractivity contribution in [1.82, 2.24) is 10.2 Å². The number of para-hydroxylation sites is 1. The van der Waals surface area contributed by atoms with Gasteiger partial charge in [0.15, 0.2) is 0 Å². The second kappa shape index (κ2) is 6.11. The molecule has 0 atom stereocenters. The Bertz CT molecular complexity index is 743. The second-order valence-corrected chi connectivity index (χ2v) is 5.82. The molecule has 0 saturated heterocycles. The molecular formula is C15H12ClN3OS. The molecule has 0 amide bonds.